The molecule has 0 spiro atoms. The molecule has 1 aliphatic rings. The maximum Gasteiger partial charge on any atom is 0.340 e. The minimum Gasteiger partial charge on any atom is -0.465 e. The molecule has 1 aliphatic heterocycles. The van der Waals surface area contributed by atoms with Gasteiger partial charge < -0.3 is 9.64 Å². The Morgan fingerprint density at radius 2 is 1.92 bits per heavy atom. The highest BCUT2D eigenvalue weighted by Gasteiger charge is 2.39. The highest BCUT2D eigenvalue weighted by Crippen LogP contribution is 2.37. The molecular weight excluding hydrogens is 334 g/mol. The summed E-state index contributed by atoms with van der Waals surface area (Å²) in [5.41, 5.74) is 2.35. The van der Waals surface area contributed by atoms with E-state index >= 15 is 0 Å². The van der Waals surface area contributed by atoms with Crippen LogP contribution in [0.15, 0.2) is 64.7 Å². The molecule has 0 aliphatic carbocycles. The quantitative estimate of drug-likeness (QED) is 0.612. The Morgan fingerprint density at radius 1 is 1.20 bits per heavy atom. The van der Waals surface area contributed by atoms with Crippen LogP contribution in [0.4, 0.5) is 0 Å². The zero-order chi connectivity index (χ0) is 18.0. The van der Waals surface area contributed by atoms with Gasteiger partial charge in [-0.2, -0.15) is 0 Å². The van der Waals surface area contributed by atoms with Gasteiger partial charge in [0.2, 0.25) is 0 Å². The number of rotatable bonds is 4. The number of allylic oxidation sites excluding steroid dienone is 1. The van der Waals surface area contributed by atoms with Crippen LogP contribution in [-0.4, -0.2) is 23.9 Å². The van der Waals surface area contributed by atoms with E-state index in [-0.39, 0.29) is 11.9 Å². The molecule has 0 radical (unpaired) electrons. The highest BCUT2D eigenvalue weighted by atomic mass is 32.1. The number of amides is 1. The van der Waals surface area contributed by atoms with Gasteiger partial charge in [-0.05, 0) is 36.9 Å². The first-order valence-corrected chi connectivity index (χ1v) is 8.85. The Kier molecular flexibility index (Phi) is 4.86. The molecule has 4 nitrogen and oxygen atoms in total. The fourth-order valence-electron chi connectivity index (χ4n) is 3.06. The third kappa shape index (κ3) is 3.15. The minimum atomic E-state index is -0.489. The van der Waals surface area contributed by atoms with Gasteiger partial charge in [0.05, 0.1) is 24.3 Å². The number of thiophene rings is 1. The lowest BCUT2D eigenvalue weighted by molar-refractivity contribution is -0.136. The zero-order valence-electron chi connectivity index (χ0n) is 14.4. The summed E-state index contributed by atoms with van der Waals surface area (Å²) in [4.78, 5) is 28.0. The smallest absolute Gasteiger partial charge is 0.340 e. The van der Waals surface area contributed by atoms with E-state index in [1.54, 1.807) is 17.9 Å². The van der Waals surface area contributed by atoms with Gasteiger partial charge in [0.25, 0.3) is 5.91 Å². The summed E-state index contributed by atoms with van der Waals surface area (Å²) in [6.45, 7) is 3.75. The maximum absolute atomic E-state index is 13.1. The predicted octanol–water partition coefficient (Wildman–Crippen LogP) is 4.18. The molecular formula is C20H19NO3S. The summed E-state index contributed by atoms with van der Waals surface area (Å²) in [5.74, 6) is -0.668. The number of methoxy groups -OCH3 is 1. The van der Waals surface area contributed by atoms with E-state index in [4.69, 9.17) is 4.74 Å². The lowest BCUT2D eigenvalue weighted by Crippen LogP contribution is -2.28. The average Bonchev–Trinajstić information content (AvgIpc) is 3.22. The molecule has 2 heterocycles. The standard InChI is InChI=1S/C20H19NO3S/c1-13(15-8-5-4-6-9-15)21-14(2)18(20(23)24-3)17(19(21)22)12-16-10-7-11-25-16/h4-13H,1-3H3/b17-12-/t13-/m1/s1. The molecule has 0 fully saturated rings. The van der Waals surface area contributed by atoms with Gasteiger partial charge in [0, 0.05) is 10.6 Å². The molecule has 0 N–H and O–H groups in total. The number of nitrogens with zero attached hydrogens (tertiary/aromatic N) is 1. The lowest BCUT2D eigenvalue weighted by atomic mass is 10.1. The molecule has 0 saturated heterocycles. The van der Waals surface area contributed by atoms with Gasteiger partial charge in [-0.1, -0.05) is 36.4 Å². The third-order valence-corrected chi connectivity index (χ3v) is 5.15. The molecule has 2 aromatic rings. The SMILES string of the molecule is COC(=O)C1=C(C)N([C@H](C)c2ccccc2)C(=O)/C1=C\c1cccs1. The zero-order valence-corrected chi connectivity index (χ0v) is 15.2. The van der Waals surface area contributed by atoms with Crippen molar-refractivity contribution in [2.75, 3.05) is 7.11 Å². The molecule has 3 rings (SSSR count). The largest absolute Gasteiger partial charge is 0.465 e. The van der Waals surface area contributed by atoms with Crippen LogP contribution in [0.1, 0.15) is 30.3 Å². The Bertz CT molecular complexity index is 850. The van der Waals surface area contributed by atoms with Crippen LogP contribution >= 0.6 is 11.3 Å². The van der Waals surface area contributed by atoms with E-state index in [0.717, 1.165) is 10.4 Å². The second-order valence-electron chi connectivity index (χ2n) is 5.79. The first-order valence-electron chi connectivity index (χ1n) is 7.98. The monoisotopic (exact) mass is 353 g/mol. The Morgan fingerprint density at radius 3 is 2.52 bits per heavy atom. The van der Waals surface area contributed by atoms with Gasteiger partial charge in [0.15, 0.2) is 0 Å². The van der Waals surface area contributed by atoms with Gasteiger partial charge in [-0.3, -0.25) is 4.79 Å². The summed E-state index contributed by atoms with van der Waals surface area (Å²) < 4.78 is 4.92. The summed E-state index contributed by atoms with van der Waals surface area (Å²) in [5, 5.41) is 1.94. The van der Waals surface area contributed by atoms with Gasteiger partial charge >= 0.3 is 5.97 Å². The molecule has 0 saturated carbocycles. The van der Waals surface area contributed by atoms with Crippen molar-refractivity contribution < 1.29 is 14.3 Å². The van der Waals surface area contributed by atoms with E-state index in [2.05, 4.69) is 0 Å². The first-order chi connectivity index (χ1) is 12.0. The number of hydrogen-bond acceptors (Lipinski definition) is 4. The summed E-state index contributed by atoms with van der Waals surface area (Å²) >= 11 is 1.52. The van der Waals surface area contributed by atoms with Crippen LogP contribution in [0, 0.1) is 0 Å². The highest BCUT2D eigenvalue weighted by molar-refractivity contribution is 7.10. The second kappa shape index (κ2) is 7.07. The summed E-state index contributed by atoms with van der Waals surface area (Å²) in [6.07, 6.45) is 1.76. The number of esters is 1. The fourth-order valence-corrected chi connectivity index (χ4v) is 3.72. The van der Waals surface area contributed by atoms with Crippen LogP contribution < -0.4 is 0 Å². The first kappa shape index (κ1) is 17.2. The minimum absolute atomic E-state index is 0.178. The molecule has 25 heavy (non-hydrogen) atoms. The van der Waals surface area contributed by atoms with E-state index in [0.29, 0.717) is 16.8 Å². The molecule has 1 amide bonds. The van der Waals surface area contributed by atoms with Crippen molar-refractivity contribution >= 4 is 29.3 Å². The molecule has 5 heteroatoms. The van der Waals surface area contributed by atoms with Crippen molar-refractivity contribution in [3.63, 3.8) is 0 Å². The van der Waals surface area contributed by atoms with Crippen molar-refractivity contribution in [1.29, 1.82) is 0 Å². The molecule has 0 unspecified atom stereocenters. The average molecular weight is 353 g/mol. The fraction of sp³-hybridized carbons (Fsp3) is 0.200. The number of ether oxygens (including phenoxy) is 1. The number of hydrogen-bond donors (Lipinski definition) is 0. The van der Waals surface area contributed by atoms with Crippen LogP contribution in [0.25, 0.3) is 6.08 Å². The van der Waals surface area contributed by atoms with Gasteiger partial charge in [-0.15, -0.1) is 11.3 Å². The molecule has 128 valence electrons. The van der Waals surface area contributed by atoms with Crippen molar-refractivity contribution in [1.82, 2.24) is 4.90 Å². The summed E-state index contributed by atoms with van der Waals surface area (Å²) in [6, 6.07) is 13.4. The lowest BCUT2D eigenvalue weighted by Gasteiger charge is -2.26. The maximum atomic E-state index is 13.1. The Balaban J connectivity index is 2.08. The van der Waals surface area contributed by atoms with E-state index in [1.807, 2.05) is 54.8 Å². The molecule has 0 bridgehead atoms. The van der Waals surface area contributed by atoms with Crippen molar-refractivity contribution in [3.8, 4) is 0 Å². The van der Waals surface area contributed by atoms with Crippen LogP contribution in [0.3, 0.4) is 0 Å². The Labute approximate surface area is 151 Å². The normalized spacial score (nSPS) is 17.3. The van der Waals surface area contributed by atoms with E-state index in [9.17, 15) is 9.59 Å². The summed E-state index contributed by atoms with van der Waals surface area (Å²) in [7, 11) is 1.33. The molecule has 1 atom stereocenters. The van der Waals surface area contributed by atoms with Crippen LogP contribution in [-0.2, 0) is 14.3 Å². The second-order valence-corrected chi connectivity index (χ2v) is 6.77. The number of carbonyl (C=O) groups excluding carboxylic acids is 2. The third-order valence-electron chi connectivity index (χ3n) is 4.33. The number of benzene rings is 1. The Hall–Kier alpha value is -2.66. The predicted molar refractivity (Wildman–Crippen MR) is 98.7 cm³/mol. The number of carbonyl (C=O) groups is 2. The molecule has 1 aromatic heterocycles. The van der Waals surface area contributed by atoms with Crippen molar-refractivity contribution in [3.05, 3.63) is 75.1 Å². The van der Waals surface area contributed by atoms with Crippen molar-refractivity contribution in [2.24, 2.45) is 0 Å². The van der Waals surface area contributed by atoms with Gasteiger partial charge in [-0.25, -0.2) is 4.79 Å². The van der Waals surface area contributed by atoms with Crippen LogP contribution in [0.2, 0.25) is 0 Å². The van der Waals surface area contributed by atoms with Crippen molar-refractivity contribution in [2.45, 2.75) is 19.9 Å². The van der Waals surface area contributed by atoms with E-state index in [1.165, 1.54) is 18.4 Å². The van der Waals surface area contributed by atoms with Crippen LogP contribution in [0.5, 0.6) is 0 Å². The molecule has 1 aromatic carbocycles. The van der Waals surface area contributed by atoms with Gasteiger partial charge in [0.1, 0.15) is 0 Å². The topological polar surface area (TPSA) is 46.6 Å². The van der Waals surface area contributed by atoms with E-state index < -0.39 is 5.97 Å².